The summed E-state index contributed by atoms with van der Waals surface area (Å²) in [4.78, 5) is 0. The van der Waals surface area contributed by atoms with Crippen molar-refractivity contribution in [2.75, 3.05) is 13.3 Å². The molecule has 4 rings (SSSR count). The minimum atomic E-state index is 0. The molecule has 0 amide bonds. The molecular weight excluding hydrogens is 330 g/mol. The van der Waals surface area contributed by atoms with Crippen LogP contribution in [0.4, 0.5) is 0 Å². The number of ether oxygens (including phenoxy) is 2. The Kier molecular flexibility index (Phi) is 3.97. The van der Waals surface area contributed by atoms with Crippen molar-refractivity contribution in [3.05, 3.63) is 59.2 Å². The van der Waals surface area contributed by atoms with Crippen LogP contribution in [-0.2, 0) is 13.0 Å². The van der Waals surface area contributed by atoms with E-state index in [0.717, 1.165) is 31.0 Å². The van der Waals surface area contributed by atoms with E-state index in [4.69, 9.17) is 9.47 Å². The third-order valence-corrected chi connectivity index (χ3v) is 3.85. The Morgan fingerprint density at radius 3 is 2.57 bits per heavy atom. The zero-order valence-corrected chi connectivity index (χ0v) is 13.2. The maximum atomic E-state index is 5.46. The Bertz CT molecular complexity index is 683. The Morgan fingerprint density at radius 2 is 1.76 bits per heavy atom. The topological polar surface area (TPSA) is 21.5 Å². The van der Waals surface area contributed by atoms with E-state index in [0.29, 0.717) is 6.79 Å². The van der Waals surface area contributed by atoms with Crippen molar-refractivity contribution in [3.8, 4) is 11.5 Å². The molecule has 0 atom stereocenters. The SMILES string of the molecule is C1=[N+](Cc2ccccc2)CCc2cc3c(cc21)OCO3.[Br-]. The summed E-state index contributed by atoms with van der Waals surface area (Å²) in [5.41, 5.74) is 3.93. The van der Waals surface area contributed by atoms with Gasteiger partial charge < -0.3 is 26.5 Å². The second kappa shape index (κ2) is 5.90. The summed E-state index contributed by atoms with van der Waals surface area (Å²) >= 11 is 0. The van der Waals surface area contributed by atoms with E-state index in [-0.39, 0.29) is 17.0 Å². The summed E-state index contributed by atoms with van der Waals surface area (Å²) < 4.78 is 13.3. The molecule has 0 saturated heterocycles. The van der Waals surface area contributed by atoms with Crippen molar-refractivity contribution in [1.82, 2.24) is 0 Å². The van der Waals surface area contributed by atoms with Crippen LogP contribution >= 0.6 is 0 Å². The lowest BCUT2D eigenvalue weighted by Crippen LogP contribution is -3.00. The fraction of sp³-hybridized carbons (Fsp3) is 0.235. The fourth-order valence-corrected chi connectivity index (χ4v) is 2.80. The van der Waals surface area contributed by atoms with E-state index in [9.17, 15) is 0 Å². The summed E-state index contributed by atoms with van der Waals surface area (Å²) in [6.07, 6.45) is 3.28. The van der Waals surface area contributed by atoms with Gasteiger partial charge in [-0.05, 0) is 17.7 Å². The predicted octanol–water partition coefficient (Wildman–Crippen LogP) is -0.393. The highest BCUT2D eigenvalue weighted by atomic mass is 79.9. The quantitative estimate of drug-likeness (QED) is 0.691. The zero-order valence-electron chi connectivity index (χ0n) is 11.6. The molecule has 108 valence electrons. The second-order valence-electron chi connectivity index (χ2n) is 5.24. The molecule has 3 nitrogen and oxygen atoms in total. The van der Waals surface area contributed by atoms with Crippen LogP contribution in [0.15, 0.2) is 42.5 Å². The number of rotatable bonds is 2. The molecule has 0 aliphatic carbocycles. The van der Waals surface area contributed by atoms with Crippen LogP contribution in [0, 0.1) is 0 Å². The number of fused-ring (bicyclic) bond motifs is 2. The van der Waals surface area contributed by atoms with E-state index in [2.05, 4.69) is 53.3 Å². The fourth-order valence-electron chi connectivity index (χ4n) is 2.80. The van der Waals surface area contributed by atoms with E-state index in [1.165, 1.54) is 16.7 Å². The summed E-state index contributed by atoms with van der Waals surface area (Å²) in [7, 11) is 0. The van der Waals surface area contributed by atoms with Crippen molar-refractivity contribution in [3.63, 3.8) is 0 Å². The smallest absolute Gasteiger partial charge is 0.231 e. The Hall–Kier alpha value is -1.81. The van der Waals surface area contributed by atoms with Gasteiger partial charge in [0.2, 0.25) is 6.79 Å². The van der Waals surface area contributed by atoms with Gasteiger partial charge in [0.25, 0.3) is 0 Å². The zero-order chi connectivity index (χ0) is 13.4. The number of halogens is 1. The van der Waals surface area contributed by atoms with Crippen molar-refractivity contribution < 1.29 is 31.0 Å². The highest BCUT2D eigenvalue weighted by Crippen LogP contribution is 2.35. The van der Waals surface area contributed by atoms with Gasteiger partial charge in [-0.25, -0.2) is 4.58 Å². The van der Waals surface area contributed by atoms with Crippen LogP contribution < -0.4 is 26.5 Å². The van der Waals surface area contributed by atoms with Crippen LogP contribution in [-0.4, -0.2) is 24.1 Å². The first-order valence-electron chi connectivity index (χ1n) is 6.94. The molecule has 0 saturated carbocycles. The minimum absolute atomic E-state index is 0. The largest absolute Gasteiger partial charge is 1.00 e. The van der Waals surface area contributed by atoms with E-state index in [1.54, 1.807) is 0 Å². The van der Waals surface area contributed by atoms with Crippen LogP contribution in [0.5, 0.6) is 11.5 Å². The van der Waals surface area contributed by atoms with Gasteiger partial charge in [-0.1, -0.05) is 30.3 Å². The lowest BCUT2D eigenvalue weighted by atomic mass is 10.0. The van der Waals surface area contributed by atoms with Crippen molar-refractivity contribution in [2.45, 2.75) is 13.0 Å². The molecule has 0 aromatic heterocycles. The van der Waals surface area contributed by atoms with Gasteiger partial charge in [-0.2, -0.15) is 0 Å². The molecule has 0 unspecified atom stereocenters. The lowest BCUT2D eigenvalue weighted by Gasteiger charge is -2.13. The Balaban J connectivity index is 0.00000132. The molecular formula is C17H16BrNO2. The summed E-state index contributed by atoms with van der Waals surface area (Å²) in [6, 6.07) is 14.8. The average molecular weight is 346 g/mol. The lowest BCUT2D eigenvalue weighted by molar-refractivity contribution is -0.540. The molecule has 0 N–H and O–H groups in total. The first-order chi connectivity index (χ1) is 9.88. The third kappa shape index (κ3) is 2.81. The normalized spacial score (nSPS) is 15.0. The van der Waals surface area contributed by atoms with Gasteiger partial charge in [0, 0.05) is 17.5 Å². The molecule has 2 aliphatic heterocycles. The standard InChI is InChI=1S/C17H16NO2.BrH/c1-2-4-13(5-3-1)10-18-7-6-14-8-16-17(20-12-19-16)9-15(14)11-18;/h1-5,8-9,11H,6-7,10,12H2;1H/q+1;/p-1. The van der Waals surface area contributed by atoms with Gasteiger partial charge in [0.1, 0.15) is 6.54 Å². The van der Waals surface area contributed by atoms with Crippen LogP contribution in [0.1, 0.15) is 16.7 Å². The van der Waals surface area contributed by atoms with E-state index >= 15 is 0 Å². The molecule has 0 fully saturated rings. The van der Waals surface area contributed by atoms with Crippen LogP contribution in [0.3, 0.4) is 0 Å². The van der Waals surface area contributed by atoms with Crippen molar-refractivity contribution in [1.29, 1.82) is 0 Å². The van der Waals surface area contributed by atoms with Crippen LogP contribution in [0.25, 0.3) is 0 Å². The second-order valence-corrected chi connectivity index (χ2v) is 5.24. The number of nitrogens with zero attached hydrogens (tertiary/aromatic N) is 1. The first-order valence-corrected chi connectivity index (χ1v) is 6.94. The summed E-state index contributed by atoms with van der Waals surface area (Å²) in [6.45, 7) is 2.34. The molecule has 0 radical (unpaired) electrons. The molecule has 4 heteroatoms. The number of hydrogen-bond donors (Lipinski definition) is 0. The Labute approximate surface area is 134 Å². The van der Waals surface area contributed by atoms with E-state index < -0.39 is 0 Å². The van der Waals surface area contributed by atoms with Gasteiger partial charge in [-0.15, -0.1) is 0 Å². The van der Waals surface area contributed by atoms with E-state index in [1.807, 2.05) is 0 Å². The molecule has 21 heavy (non-hydrogen) atoms. The molecule has 0 spiro atoms. The maximum Gasteiger partial charge on any atom is 0.231 e. The average Bonchev–Trinajstić information content (AvgIpc) is 2.93. The number of hydrogen-bond acceptors (Lipinski definition) is 2. The summed E-state index contributed by atoms with van der Waals surface area (Å²) in [5.74, 6) is 1.75. The molecule has 2 aromatic rings. The maximum absolute atomic E-state index is 5.46. The summed E-state index contributed by atoms with van der Waals surface area (Å²) in [5, 5.41) is 0. The van der Waals surface area contributed by atoms with Crippen molar-refractivity contribution in [2.24, 2.45) is 0 Å². The highest BCUT2D eigenvalue weighted by molar-refractivity contribution is 5.80. The minimum Gasteiger partial charge on any atom is -1.00 e. The first kappa shape index (κ1) is 14.1. The number of benzene rings is 2. The molecule has 2 aromatic carbocycles. The van der Waals surface area contributed by atoms with Gasteiger partial charge in [0.05, 0.1) is 0 Å². The highest BCUT2D eigenvalue weighted by Gasteiger charge is 2.22. The molecule has 2 aliphatic rings. The third-order valence-electron chi connectivity index (χ3n) is 3.85. The molecule has 0 bridgehead atoms. The van der Waals surface area contributed by atoms with Crippen molar-refractivity contribution >= 4 is 6.21 Å². The van der Waals surface area contributed by atoms with Gasteiger partial charge >= 0.3 is 0 Å². The Morgan fingerprint density at radius 1 is 1.00 bits per heavy atom. The van der Waals surface area contributed by atoms with Gasteiger partial charge in [-0.3, -0.25) is 0 Å². The van der Waals surface area contributed by atoms with Crippen LogP contribution in [0.2, 0.25) is 0 Å². The molecule has 2 heterocycles. The predicted molar refractivity (Wildman–Crippen MR) is 76.7 cm³/mol. The monoisotopic (exact) mass is 345 g/mol. The van der Waals surface area contributed by atoms with Gasteiger partial charge in [0.15, 0.2) is 24.3 Å².